The molecule has 1 heterocycles. The van der Waals surface area contributed by atoms with E-state index in [4.69, 9.17) is 0 Å². The number of aliphatic hydroxyl groups excluding tert-OH is 1. The van der Waals surface area contributed by atoms with Gasteiger partial charge in [-0.1, -0.05) is 39.3 Å². The molecule has 0 aromatic rings. The van der Waals surface area contributed by atoms with Crippen molar-refractivity contribution in [1.29, 1.82) is 0 Å². The number of fused-ring (bicyclic) bond motifs is 5. The lowest BCUT2D eigenvalue weighted by atomic mass is 9.47. The molecule has 4 fully saturated rings. The predicted molar refractivity (Wildman–Crippen MR) is 125 cm³/mol. The van der Waals surface area contributed by atoms with E-state index in [-0.39, 0.29) is 6.10 Å². The molecule has 3 saturated carbocycles. The molecule has 5 rings (SSSR count). The van der Waals surface area contributed by atoms with Gasteiger partial charge in [-0.05, 0) is 124 Å². The number of hydrogen-bond donors (Lipinski definition) is 1. The van der Waals surface area contributed by atoms with Crippen molar-refractivity contribution in [3.8, 4) is 0 Å². The Labute approximate surface area is 185 Å². The molecule has 0 spiro atoms. The normalized spacial score (nSPS) is 48.4. The molecule has 8 atom stereocenters. The lowest BCUT2D eigenvalue weighted by Crippen LogP contribution is -2.51. The number of nitrogens with zero attached hydrogens (tertiary/aromatic N) is 1. The van der Waals surface area contributed by atoms with E-state index in [2.05, 4.69) is 38.7 Å². The number of likely N-dealkylation sites (tertiary alicyclic amines) is 1. The van der Waals surface area contributed by atoms with Gasteiger partial charge in [-0.2, -0.15) is 0 Å². The Kier molecular flexibility index (Phi) is 5.67. The zero-order chi connectivity index (χ0) is 21.1. The molecule has 170 valence electrons. The first-order valence-electron chi connectivity index (χ1n) is 13.4. The Morgan fingerprint density at radius 3 is 2.57 bits per heavy atom. The molecule has 0 radical (unpaired) electrons. The molecule has 0 amide bonds. The van der Waals surface area contributed by atoms with Crippen molar-refractivity contribution in [2.45, 2.75) is 98.0 Å². The van der Waals surface area contributed by atoms with E-state index in [0.717, 1.165) is 48.3 Å². The predicted octanol–water partition coefficient (Wildman–Crippen LogP) is 6.29. The molecular formula is C28H47NO. The van der Waals surface area contributed by atoms with Crippen LogP contribution >= 0.6 is 0 Å². The monoisotopic (exact) mass is 413 g/mol. The summed E-state index contributed by atoms with van der Waals surface area (Å²) in [5.74, 6) is 5.42. The van der Waals surface area contributed by atoms with Crippen LogP contribution in [0.4, 0.5) is 0 Å². The van der Waals surface area contributed by atoms with Crippen LogP contribution in [0.15, 0.2) is 11.6 Å². The number of piperidine rings is 1. The lowest BCUT2D eigenvalue weighted by Gasteiger charge is -2.58. The Balaban J connectivity index is 1.30. The van der Waals surface area contributed by atoms with Crippen LogP contribution in [0.1, 0.15) is 91.9 Å². The van der Waals surface area contributed by atoms with Crippen LogP contribution < -0.4 is 0 Å². The summed E-state index contributed by atoms with van der Waals surface area (Å²) in [6, 6.07) is 0. The van der Waals surface area contributed by atoms with Crippen LogP contribution in [-0.4, -0.2) is 35.7 Å². The second-order valence-corrected chi connectivity index (χ2v) is 12.8. The minimum absolute atomic E-state index is 0.0794. The maximum absolute atomic E-state index is 10.2. The van der Waals surface area contributed by atoms with E-state index in [1.165, 1.54) is 71.0 Å². The van der Waals surface area contributed by atoms with Crippen LogP contribution in [0.2, 0.25) is 0 Å². The largest absolute Gasteiger partial charge is 0.393 e. The highest BCUT2D eigenvalue weighted by molar-refractivity contribution is 5.25. The number of allylic oxidation sites excluding steroid dienone is 1. The van der Waals surface area contributed by atoms with E-state index in [9.17, 15) is 5.11 Å². The summed E-state index contributed by atoms with van der Waals surface area (Å²) < 4.78 is 0. The topological polar surface area (TPSA) is 23.5 Å². The Morgan fingerprint density at radius 1 is 1.03 bits per heavy atom. The molecule has 5 aliphatic rings. The van der Waals surface area contributed by atoms with Gasteiger partial charge in [0, 0.05) is 6.54 Å². The highest BCUT2D eigenvalue weighted by atomic mass is 16.3. The molecule has 30 heavy (non-hydrogen) atoms. The van der Waals surface area contributed by atoms with Gasteiger partial charge < -0.3 is 10.0 Å². The van der Waals surface area contributed by atoms with Crippen molar-refractivity contribution in [1.82, 2.24) is 4.90 Å². The van der Waals surface area contributed by atoms with Gasteiger partial charge in [0.15, 0.2) is 0 Å². The van der Waals surface area contributed by atoms with Crippen LogP contribution in [0.5, 0.6) is 0 Å². The zero-order valence-corrected chi connectivity index (χ0v) is 20.2. The zero-order valence-electron chi connectivity index (χ0n) is 20.2. The Bertz CT molecular complexity index is 664. The van der Waals surface area contributed by atoms with E-state index >= 15 is 0 Å². The van der Waals surface area contributed by atoms with Crippen LogP contribution in [-0.2, 0) is 0 Å². The highest BCUT2D eigenvalue weighted by Crippen LogP contribution is 2.67. The fourth-order valence-corrected chi connectivity index (χ4v) is 9.40. The summed E-state index contributed by atoms with van der Waals surface area (Å²) in [7, 11) is 0. The summed E-state index contributed by atoms with van der Waals surface area (Å²) in [5.41, 5.74) is 2.57. The molecule has 4 aliphatic carbocycles. The summed E-state index contributed by atoms with van der Waals surface area (Å²) in [5, 5.41) is 10.2. The summed E-state index contributed by atoms with van der Waals surface area (Å²) in [6.07, 6.45) is 15.7. The maximum atomic E-state index is 10.2. The average Bonchev–Trinajstić information content (AvgIpc) is 3.07. The van der Waals surface area contributed by atoms with E-state index in [1.807, 2.05) is 0 Å². The molecular weight excluding hydrogens is 366 g/mol. The first kappa shape index (κ1) is 21.5. The van der Waals surface area contributed by atoms with E-state index in [1.54, 1.807) is 5.57 Å². The van der Waals surface area contributed by atoms with E-state index in [0.29, 0.717) is 10.8 Å². The molecule has 2 nitrogen and oxygen atoms in total. The summed E-state index contributed by atoms with van der Waals surface area (Å²) in [4.78, 5) is 2.79. The Morgan fingerprint density at radius 2 is 1.80 bits per heavy atom. The fraction of sp³-hybridized carbons (Fsp3) is 0.929. The average molecular weight is 414 g/mol. The van der Waals surface area contributed by atoms with Crippen molar-refractivity contribution in [2.75, 3.05) is 19.6 Å². The van der Waals surface area contributed by atoms with Gasteiger partial charge in [-0.25, -0.2) is 0 Å². The van der Waals surface area contributed by atoms with Crippen molar-refractivity contribution < 1.29 is 5.11 Å². The van der Waals surface area contributed by atoms with Crippen molar-refractivity contribution in [3.63, 3.8) is 0 Å². The first-order chi connectivity index (χ1) is 14.3. The smallest absolute Gasteiger partial charge is 0.0577 e. The SMILES string of the molecule is CC1CCN(C[C@@H](C)[C@H]2CCC3C4CC=C5C[C@@H](O)CC[C@]5(C)C4CC[C@@]32C)CC1. The van der Waals surface area contributed by atoms with Gasteiger partial charge in [0.25, 0.3) is 0 Å². The molecule has 0 aromatic heterocycles. The van der Waals surface area contributed by atoms with Gasteiger partial charge in [-0.15, -0.1) is 0 Å². The van der Waals surface area contributed by atoms with Crippen molar-refractivity contribution >= 4 is 0 Å². The molecule has 1 saturated heterocycles. The molecule has 3 unspecified atom stereocenters. The van der Waals surface area contributed by atoms with Gasteiger partial charge in [-0.3, -0.25) is 0 Å². The second kappa shape index (κ2) is 7.91. The molecule has 1 aliphatic heterocycles. The molecule has 1 N–H and O–H groups in total. The second-order valence-electron chi connectivity index (χ2n) is 12.8. The van der Waals surface area contributed by atoms with Gasteiger partial charge in [0.1, 0.15) is 0 Å². The van der Waals surface area contributed by atoms with Gasteiger partial charge in [0.05, 0.1) is 6.10 Å². The number of rotatable bonds is 3. The third-order valence-corrected chi connectivity index (χ3v) is 11.3. The number of aliphatic hydroxyl groups is 1. The highest BCUT2D eigenvalue weighted by Gasteiger charge is 2.59. The maximum Gasteiger partial charge on any atom is 0.0577 e. The molecule has 2 heteroatoms. The van der Waals surface area contributed by atoms with Crippen LogP contribution in [0.3, 0.4) is 0 Å². The minimum Gasteiger partial charge on any atom is -0.393 e. The number of hydrogen-bond acceptors (Lipinski definition) is 2. The lowest BCUT2D eigenvalue weighted by molar-refractivity contribution is -0.0589. The molecule has 0 bridgehead atoms. The third kappa shape index (κ3) is 3.43. The first-order valence-corrected chi connectivity index (χ1v) is 13.4. The van der Waals surface area contributed by atoms with Crippen LogP contribution in [0, 0.1) is 46.3 Å². The van der Waals surface area contributed by atoms with Crippen LogP contribution in [0.25, 0.3) is 0 Å². The fourth-order valence-electron chi connectivity index (χ4n) is 9.40. The summed E-state index contributed by atoms with van der Waals surface area (Å²) >= 11 is 0. The molecule has 0 aromatic carbocycles. The van der Waals surface area contributed by atoms with Gasteiger partial charge >= 0.3 is 0 Å². The minimum atomic E-state index is -0.0794. The van der Waals surface area contributed by atoms with Gasteiger partial charge in [0.2, 0.25) is 0 Å². The van der Waals surface area contributed by atoms with Crippen molar-refractivity contribution in [2.24, 2.45) is 46.3 Å². The van der Waals surface area contributed by atoms with E-state index < -0.39 is 0 Å². The quantitative estimate of drug-likeness (QED) is 0.549. The Hall–Kier alpha value is -0.340. The third-order valence-electron chi connectivity index (χ3n) is 11.3. The summed E-state index contributed by atoms with van der Waals surface area (Å²) in [6.45, 7) is 14.3. The standard InChI is InChI=1S/C28H47NO/c1-19-11-15-29(16-12-19)18-20(2)24-7-8-25-23-6-5-21-17-22(30)9-13-27(21,3)26(23)10-14-28(24,25)4/h5,19-20,22-26,30H,6-18H2,1-4H3/t20-,22+,23?,24-,25?,26?,27+,28-/m1/s1. The van der Waals surface area contributed by atoms with Crippen molar-refractivity contribution in [3.05, 3.63) is 11.6 Å².